The van der Waals surface area contributed by atoms with Gasteiger partial charge in [0.2, 0.25) is 5.91 Å². The first-order chi connectivity index (χ1) is 14.1. The summed E-state index contributed by atoms with van der Waals surface area (Å²) in [5.41, 5.74) is 1.13. The second-order valence-electron chi connectivity index (χ2n) is 7.03. The van der Waals surface area contributed by atoms with Gasteiger partial charge in [0.1, 0.15) is 22.9 Å². The molecule has 0 radical (unpaired) electrons. The van der Waals surface area contributed by atoms with E-state index in [-0.39, 0.29) is 11.9 Å². The Labute approximate surface area is 176 Å². The summed E-state index contributed by atoms with van der Waals surface area (Å²) in [5, 5.41) is 3.80. The number of carbonyl (C=O) groups is 1. The lowest BCUT2D eigenvalue weighted by atomic mass is 10.2. The molecule has 156 valence electrons. The number of piperazine rings is 1. The molecule has 1 atom stereocenters. The zero-order valence-corrected chi connectivity index (χ0v) is 18.1. The Morgan fingerprint density at radius 1 is 1.21 bits per heavy atom. The first kappa shape index (κ1) is 21.2. The van der Waals surface area contributed by atoms with Gasteiger partial charge in [0.15, 0.2) is 0 Å². The van der Waals surface area contributed by atoms with E-state index in [0.29, 0.717) is 5.75 Å². The first-order valence-corrected chi connectivity index (χ1v) is 11.0. The van der Waals surface area contributed by atoms with Crippen LogP contribution >= 0.6 is 11.8 Å². The highest BCUT2D eigenvalue weighted by atomic mass is 32.2. The minimum Gasteiger partial charge on any atom is -0.495 e. The second kappa shape index (κ2) is 10.3. The molecule has 1 N–H and O–H groups in total. The van der Waals surface area contributed by atoms with Gasteiger partial charge >= 0.3 is 0 Å². The molecule has 1 aromatic heterocycles. The smallest absolute Gasteiger partial charge is 0.230 e. The molecule has 0 bridgehead atoms. The van der Waals surface area contributed by atoms with E-state index in [9.17, 15) is 4.79 Å². The first-order valence-electron chi connectivity index (χ1n) is 9.97. The van der Waals surface area contributed by atoms with Crippen LogP contribution in [0.5, 0.6) is 5.75 Å². The number of benzene rings is 1. The summed E-state index contributed by atoms with van der Waals surface area (Å²) < 4.78 is 5.49. The Hall–Kier alpha value is -2.48. The van der Waals surface area contributed by atoms with Crippen molar-refractivity contribution >= 4 is 29.2 Å². The minimum absolute atomic E-state index is 0.0370. The van der Waals surface area contributed by atoms with E-state index >= 15 is 0 Å². The fourth-order valence-corrected chi connectivity index (χ4v) is 3.88. The number of para-hydroxylation sites is 2. The number of carbonyl (C=O) groups excluding carboxylic acids is 1. The van der Waals surface area contributed by atoms with Crippen LogP contribution in [0.4, 0.5) is 11.5 Å². The van der Waals surface area contributed by atoms with Crippen LogP contribution in [0, 0.1) is 0 Å². The summed E-state index contributed by atoms with van der Waals surface area (Å²) in [6, 6.07) is 10.3. The van der Waals surface area contributed by atoms with E-state index < -0.39 is 0 Å². The number of hydrogen-bond acceptors (Lipinski definition) is 7. The van der Waals surface area contributed by atoms with E-state index in [1.54, 1.807) is 13.4 Å². The molecule has 1 aliphatic heterocycles. The average molecular weight is 416 g/mol. The van der Waals surface area contributed by atoms with Crippen LogP contribution in [-0.4, -0.2) is 61.0 Å². The normalized spacial score (nSPS) is 15.1. The summed E-state index contributed by atoms with van der Waals surface area (Å²) >= 11 is 1.44. The van der Waals surface area contributed by atoms with Crippen LogP contribution in [0.1, 0.15) is 20.3 Å². The van der Waals surface area contributed by atoms with E-state index in [1.807, 2.05) is 31.2 Å². The van der Waals surface area contributed by atoms with Gasteiger partial charge in [-0.3, -0.25) is 4.79 Å². The van der Waals surface area contributed by atoms with Crippen molar-refractivity contribution in [2.75, 3.05) is 48.8 Å². The van der Waals surface area contributed by atoms with Crippen molar-refractivity contribution in [2.45, 2.75) is 31.3 Å². The van der Waals surface area contributed by atoms with Crippen molar-refractivity contribution in [3.05, 3.63) is 36.7 Å². The van der Waals surface area contributed by atoms with Crippen LogP contribution in [-0.2, 0) is 4.79 Å². The number of nitrogens with zero attached hydrogens (tertiary/aromatic N) is 4. The number of methoxy groups -OCH3 is 1. The predicted octanol–water partition coefficient (Wildman–Crippen LogP) is 2.82. The highest BCUT2D eigenvalue weighted by Crippen LogP contribution is 2.29. The molecule has 29 heavy (non-hydrogen) atoms. The van der Waals surface area contributed by atoms with Gasteiger partial charge in [-0.05, 0) is 25.5 Å². The topological polar surface area (TPSA) is 70.6 Å². The molecule has 3 rings (SSSR count). The molecular formula is C21H29N5O2S. The van der Waals surface area contributed by atoms with Gasteiger partial charge in [0.25, 0.3) is 0 Å². The van der Waals surface area contributed by atoms with Gasteiger partial charge in [0, 0.05) is 38.3 Å². The number of rotatable bonds is 8. The van der Waals surface area contributed by atoms with Crippen LogP contribution in [0.15, 0.2) is 41.7 Å². The van der Waals surface area contributed by atoms with Crippen molar-refractivity contribution in [2.24, 2.45) is 0 Å². The SMILES string of the molecule is CCC(C)NC(=O)CSc1cc(N2CCN(c3ccccc3OC)CC2)ncn1. The molecule has 1 fully saturated rings. The summed E-state index contributed by atoms with van der Waals surface area (Å²) in [4.78, 5) is 25.3. The van der Waals surface area contributed by atoms with Crippen molar-refractivity contribution in [3.63, 3.8) is 0 Å². The van der Waals surface area contributed by atoms with Gasteiger partial charge < -0.3 is 19.9 Å². The molecule has 2 heterocycles. The maximum Gasteiger partial charge on any atom is 0.230 e. The quantitative estimate of drug-likeness (QED) is 0.525. The molecule has 1 amide bonds. The van der Waals surface area contributed by atoms with Gasteiger partial charge in [0.05, 0.1) is 18.6 Å². The number of thioether (sulfide) groups is 1. The Morgan fingerprint density at radius 3 is 2.66 bits per heavy atom. The highest BCUT2D eigenvalue weighted by Gasteiger charge is 2.21. The van der Waals surface area contributed by atoms with E-state index in [2.05, 4.69) is 38.1 Å². The number of hydrogen-bond donors (Lipinski definition) is 1. The van der Waals surface area contributed by atoms with E-state index in [4.69, 9.17) is 4.74 Å². The number of anilines is 2. The van der Waals surface area contributed by atoms with Gasteiger partial charge in [-0.2, -0.15) is 0 Å². The number of aromatic nitrogens is 2. The van der Waals surface area contributed by atoms with Crippen LogP contribution in [0.3, 0.4) is 0 Å². The fourth-order valence-electron chi connectivity index (χ4n) is 3.21. The maximum atomic E-state index is 12.0. The zero-order chi connectivity index (χ0) is 20.6. The minimum atomic E-state index is 0.0370. The van der Waals surface area contributed by atoms with Gasteiger partial charge in [-0.15, -0.1) is 0 Å². The van der Waals surface area contributed by atoms with E-state index in [1.165, 1.54) is 11.8 Å². The standard InChI is InChI=1S/C21H29N5O2S/c1-4-16(2)24-20(27)14-29-21-13-19(22-15-23-21)26-11-9-25(10-12-26)17-7-5-6-8-18(17)28-3/h5-8,13,15-16H,4,9-12,14H2,1-3H3,(H,24,27). The number of nitrogens with one attached hydrogen (secondary N) is 1. The predicted molar refractivity (Wildman–Crippen MR) is 118 cm³/mol. The van der Waals surface area contributed by atoms with Crippen LogP contribution in [0.2, 0.25) is 0 Å². The summed E-state index contributed by atoms with van der Waals surface area (Å²) in [7, 11) is 1.71. The lowest BCUT2D eigenvalue weighted by molar-refractivity contribution is -0.119. The molecule has 0 saturated carbocycles. The molecule has 1 aliphatic rings. The average Bonchev–Trinajstić information content (AvgIpc) is 2.78. The fraction of sp³-hybridized carbons (Fsp3) is 0.476. The molecule has 1 aromatic carbocycles. The third-order valence-electron chi connectivity index (χ3n) is 5.03. The summed E-state index contributed by atoms with van der Waals surface area (Å²) in [6.45, 7) is 7.59. The van der Waals surface area contributed by atoms with Crippen LogP contribution in [0.25, 0.3) is 0 Å². The van der Waals surface area contributed by atoms with E-state index in [0.717, 1.165) is 54.9 Å². The van der Waals surface area contributed by atoms with Crippen molar-refractivity contribution in [1.82, 2.24) is 15.3 Å². The Balaban J connectivity index is 1.56. The monoisotopic (exact) mass is 415 g/mol. The largest absolute Gasteiger partial charge is 0.495 e. The molecule has 1 saturated heterocycles. The lowest BCUT2D eigenvalue weighted by Gasteiger charge is -2.37. The summed E-state index contributed by atoms with van der Waals surface area (Å²) in [6.07, 6.45) is 2.51. The highest BCUT2D eigenvalue weighted by molar-refractivity contribution is 7.99. The maximum absolute atomic E-state index is 12.0. The molecule has 0 spiro atoms. The Kier molecular flexibility index (Phi) is 7.57. The Morgan fingerprint density at radius 2 is 1.93 bits per heavy atom. The molecule has 2 aromatic rings. The second-order valence-corrected chi connectivity index (χ2v) is 8.02. The Bertz CT molecular complexity index is 811. The molecule has 7 nitrogen and oxygen atoms in total. The molecular weight excluding hydrogens is 386 g/mol. The van der Waals surface area contributed by atoms with Crippen molar-refractivity contribution in [1.29, 1.82) is 0 Å². The number of ether oxygens (including phenoxy) is 1. The molecule has 1 unspecified atom stereocenters. The third kappa shape index (κ3) is 5.76. The van der Waals surface area contributed by atoms with Crippen molar-refractivity contribution in [3.8, 4) is 5.75 Å². The van der Waals surface area contributed by atoms with Gasteiger partial charge in [-0.1, -0.05) is 30.8 Å². The summed E-state index contributed by atoms with van der Waals surface area (Å²) in [5.74, 6) is 2.21. The van der Waals surface area contributed by atoms with Crippen molar-refractivity contribution < 1.29 is 9.53 Å². The lowest BCUT2D eigenvalue weighted by Crippen LogP contribution is -2.47. The third-order valence-corrected chi connectivity index (χ3v) is 5.95. The van der Waals surface area contributed by atoms with Gasteiger partial charge in [-0.25, -0.2) is 9.97 Å². The number of amides is 1. The van der Waals surface area contributed by atoms with Crippen LogP contribution < -0.4 is 19.9 Å². The molecule has 8 heteroatoms. The molecule has 0 aliphatic carbocycles. The zero-order valence-electron chi connectivity index (χ0n) is 17.3.